The molecule has 1 heterocycles. The van der Waals surface area contributed by atoms with Crippen LogP contribution in [0.25, 0.3) is 0 Å². The van der Waals surface area contributed by atoms with Gasteiger partial charge in [0.1, 0.15) is 0 Å². The largest absolute Gasteiger partial charge is 0.479 e. The zero-order valence-electron chi connectivity index (χ0n) is 8.98. The van der Waals surface area contributed by atoms with E-state index in [9.17, 15) is 18.0 Å². The lowest BCUT2D eigenvalue weighted by molar-refractivity contribution is -0.152. The van der Waals surface area contributed by atoms with Gasteiger partial charge in [0.2, 0.25) is 0 Å². The van der Waals surface area contributed by atoms with E-state index in [1.165, 1.54) is 18.2 Å². The van der Waals surface area contributed by atoms with Gasteiger partial charge in [-0.2, -0.15) is 13.2 Å². The van der Waals surface area contributed by atoms with Crippen molar-refractivity contribution in [3.05, 3.63) is 35.4 Å². The van der Waals surface area contributed by atoms with Crippen molar-refractivity contribution < 1.29 is 32.5 Å². The summed E-state index contributed by atoms with van der Waals surface area (Å²) in [5.74, 6) is -1.26. The second-order valence-electron chi connectivity index (χ2n) is 3.71. The zero-order valence-corrected chi connectivity index (χ0v) is 8.98. The van der Waals surface area contributed by atoms with Crippen molar-refractivity contribution in [1.29, 1.82) is 0 Å². The zero-order chi connectivity index (χ0) is 13.3. The Balaban J connectivity index is 2.27. The molecule has 0 aromatic heterocycles. The molecule has 1 N–H and O–H groups in total. The van der Waals surface area contributed by atoms with E-state index in [-0.39, 0.29) is 12.2 Å². The summed E-state index contributed by atoms with van der Waals surface area (Å²) >= 11 is 0. The molecule has 0 bridgehead atoms. The van der Waals surface area contributed by atoms with Crippen molar-refractivity contribution in [2.75, 3.05) is 6.61 Å². The van der Waals surface area contributed by atoms with Gasteiger partial charge in [-0.3, -0.25) is 0 Å². The van der Waals surface area contributed by atoms with Crippen LogP contribution >= 0.6 is 0 Å². The Labute approximate surface area is 99.9 Å². The molecule has 18 heavy (non-hydrogen) atoms. The third-order valence-corrected chi connectivity index (χ3v) is 2.48. The van der Waals surface area contributed by atoms with Crippen LogP contribution in [-0.2, 0) is 20.4 Å². The van der Waals surface area contributed by atoms with Gasteiger partial charge < -0.3 is 14.6 Å². The number of alkyl halides is 3. The molecule has 0 spiro atoms. The summed E-state index contributed by atoms with van der Waals surface area (Å²) in [6.07, 6.45) is -7.08. The average Bonchev–Trinajstić information content (AvgIpc) is 2.77. The van der Waals surface area contributed by atoms with Crippen molar-refractivity contribution in [3.63, 3.8) is 0 Å². The number of rotatable bonds is 2. The van der Waals surface area contributed by atoms with Crippen LogP contribution in [0.2, 0.25) is 0 Å². The van der Waals surface area contributed by atoms with Gasteiger partial charge in [0.15, 0.2) is 12.4 Å². The summed E-state index contributed by atoms with van der Waals surface area (Å²) < 4.78 is 48.1. The molecular weight excluding hydrogens is 253 g/mol. The van der Waals surface area contributed by atoms with Gasteiger partial charge in [-0.15, -0.1) is 0 Å². The first-order valence-electron chi connectivity index (χ1n) is 5.05. The number of carboxylic acid groups (broad SMARTS) is 1. The molecule has 1 aromatic rings. The highest BCUT2D eigenvalue weighted by atomic mass is 19.4. The second-order valence-corrected chi connectivity index (χ2v) is 3.71. The number of carbonyl (C=O) groups is 1. The first-order chi connectivity index (χ1) is 8.39. The summed E-state index contributed by atoms with van der Waals surface area (Å²) in [4.78, 5) is 10.6. The number of hydrogen-bond acceptors (Lipinski definition) is 3. The number of ether oxygens (including phenoxy) is 2. The van der Waals surface area contributed by atoms with Gasteiger partial charge in [-0.1, -0.05) is 18.2 Å². The van der Waals surface area contributed by atoms with Gasteiger partial charge in [0, 0.05) is 5.56 Å². The SMILES string of the molecule is O=C(O)C1COC(c2ccccc2C(F)(F)F)O1. The van der Waals surface area contributed by atoms with E-state index < -0.39 is 30.1 Å². The fourth-order valence-corrected chi connectivity index (χ4v) is 1.66. The third kappa shape index (κ3) is 2.46. The molecule has 98 valence electrons. The normalized spacial score (nSPS) is 24.2. The Morgan fingerprint density at radius 1 is 1.33 bits per heavy atom. The highest BCUT2D eigenvalue weighted by Gasteiger charge is 2.39. The Morgan fingerprint density at radius 2 is 2.00 bits per heavy atom. The number of aliphatic carboxylic acids is 1. The van der Waals surface area contributed by atoms with Crippen LogP contribution in [0.3, 0.4) is 0 Å². The molecule has 0 amide bonds. The number of benzene rings is 1. The summed E-state index contributed by atoms with van der Waals surface area (Å²) in [6.45, 7) is -0.272. The van der Waals surface area contributed by atoms with Gasteiger partial charge in [-0.05, 0) is 6.07 Å². The summed E-state index contributed by atoms with van der Waals surface area (Å²) in [5, 5.41) is 8.68. The van der Waals surface area contributed by atoms with Crippen LogP contribution in [-0.4, -0.2) is 23.8 Å². The monoisotopic (exact) mass is 262 g/mol. The van der Waals surface area contributed by atoms with E-state index in [1.807, 2.05) is 0 Å². The lowest BCUT2D eigenvalue weighted by atomic mass is 10.1. The van der Waals surface area contributed by atoms with Crippen molar-refractivity contribution in [2.45, 2.75) is 18.6 Å². The minimum Gasteiger partial charge on any atom is -0.479 e. The lowest BCUT2D eigenvalue weighted by Crippen LogP contribution is -2.22. The van der Waals surface area contributed by atoms with E-state index in [2.05, 4.69) is 0 Å². The molecule has 1 aromatic carbocycles. The predicted molar refractivity (Wildman–Crippen MR) is 52.6 cm³/mol. The van der Waals surface area contributed by atoms with Crippen molar-refractivity contribution in [1.82, 2.24) is 0 Å². The molecule has 7 heteroatoms. The molecule has 2 unspecified atom stereocenters. The minimum absolute atomic E-state index is 0.214. The molecule has 1 saturated heterocycles. The molecule has 0 aliphatic carbocycles. The molecule has 1 aliphatic heterocycles. The van der Waals surface area contributed by atoms with Crippen LogP contribution in [0.1, 0.15) is 17.4 Å². The molecule has 1 aliphatic rings. The van der Waals surface area contributed by atoms with Gasteiger partial charge in [0.05, 0.1) is 12.2 Å². The molecular formula is C11H9F3O4. The maximum absolute atomic E-state index is 12.7. The van der Waals surface area contributed by atoms with E-state index in [0.29, 0.717) is 0 Å². The lowest BCUT2D eigenvalue weighted by Gasteiger charge is -2.16. The fraction of sp³-hybridized carbons (Fsp3) is 0.364. The van der Waals surface area contributed by atoms with E-state index in [1.54, 1.807) is 0 Å². The van der Waals surface area contributed by atoms with Crippen LogP contribution in [0.15, 0.2) is 24.3 Å². The standard InChI is InChI=1S/C11H9F3O4/c12-11(13,14)7-4-2-1-3-6(7)10-17-5-8(18-10)9(15)16/h1-4,8,10H,5H2,(H,15,16). The summed E-state index contributed by atoms with van der Waals surface area (Å²) in [7, 11) is 0. The predicted octanol–water partition coefficient (Wildman–Crippen LogP) is 2.20. The number of halogens is 3. The van der Waals surface area contributed by atoms with Crippen molar-refractivity contribution >= 4 is 5.97 Å². The topological polar surface area (TPSA) is 55.8 Å². The second kappa shape index (κ2) is 4.58. The van der Waals surface area contributed by atoms with Crippen LogP contribution < -0.4 is 0 Å². The van der Waals surface area contributed by atoms with E-state index in [0.717, 1.165) is 6.07 Å². The molecule has 1 fully saturated rings. The third-order valence-electron chi connectivity index (χ3n) is 2.48. The quantitative estimate of drug-likeness (QED) is 0.887. The van der Waals surface area contributed by atoms with Crippen LogP contribution in [0, 0.1) is 0 Å². The first kappa shape index (κ1) is 12.8. The molecule has 2 rings (SSSR count). The van der Waals surface area contributed by atoms with Gasteiger partial charge in [0.25, 0.3) is 0 Å². The molecule has 0 radical (unpaired) electrons. The van der Waals surface area contributed by atoms with Crippen molar-refractivity contribution in [2.24, 2.45) is 0 Å². The van der Waals surface area contributed by atoms with Crippen LogP contribution in [0.5, 0.6) is 0 Å². The maximum Gasteiger partial charge on any atom is 0.416 e. The van der Waals surface area contributed by atoms with Crippen LogP contribution in [0.4, 0.5) is 13.2 Å². The minimum atomic E-state index is -4.54. The molecule has 2 atom stereocenters. The van der Waals surface area contributed by atoms with E-state index in [4.69, 9.17) is 14.6 Å². The summed E-state index contributed by atoms with van der Waals surface area (Å²) in [6, 6.07) is 4.76. The highest BCUT2D eigenvalue weighted by Crippen LogP contribution is 2.37. The Hall–Kier alpha value is -1.60. The Morgan fingerprint density at radius 3 is 2.56 bits per heavy atom. The van der Waals surface area contributed by atoms with Gasteiger partial charge in [-0.25, -0.2) is 4.79 Å². The van der Waals surface area contributed by atoms with Crippen molar-refractivity contribution in [3.8, 4) is 0 Å². The fourth-order valence-electron chi connectivity index (χ4n) is 1.66. The Bertz CT molecular complexity index is 458. The van der Waals surface area contributed by atoms with E-state index >= 15 is 0 Å². The average molecular weight is 262 g/mol. The maximum atomic E-state index is 12.7. The highest BCUT2D eigenvalue weighted by molar-refractivity contribution is 5.72. The molecule has 4 nitrogen and oxygen atoms in total. The smallest absolute Gasteiger partial charge is 0.416 e. The number of hydrogen-bond donors (Lipinski definition) is 1. The number of carboxylic acids is 1. The van der Waals surface area contributed by atoms with Gasteiger partial charge >= 0.3 is 12.1 Å². The Kier molecular flexibility index (Phi) is 3.27. The summed E-state index contributed by atoms with van der Waals surface area (Å²) in [5.41, 5.74) is -1.10. The first-order valence-corrected chi connectivity index (χ1v) is 5.05. The molecule has 0 saturated carbocycles.